The normalized spacial score (nSPS) is 14.1. The molecule has 2 aromatic carbocycles. The van der Waals surface area contributed by atoms with Crippen molar-refractivity contribution in [3.05, 3.63) is 53.6 Å². The van der Waals surface area contributed by atoms with Crippen LogP contribution in [0.25, 0.3) is 0 Å². The molecule has 0 atom stereocenters. The Bertz CT molecular complexity index is 766. The lowest BCUT2D eigenvalue weighted by atomic mass is 10.1. The summed E-state index contributed by atoms with van der Waals surface area (Å²) in [6.07, 6.45) is 3.62. The number of benzene rings is 2. The van der Waals surface area contributed by atoms with Gasteiger partial charge in [0, 0.05) is 22.9 Å². The van der Waals surface area contributed by atoms with E-state index in [-0.39, 0.29) is 0 Å². The molecule has 0 saturated carbocycles. The van der Waals surface area contributed by atoms with Gasteiger partial charge in [-0.1, -0.05) is 30.0 Å². The zero-order valence-electron chi connectivity index (χ0n) is 12.8. The molecule has 2 aromatic rings. The molecule has 1 heterocycles. The molecule has 0 bridgehead atoms. The summed E-state index contributed by atoms with van der Waals surface area (Å²) >= 11 is 1.65. The van der Waals surface area contributed by atoms with E-state index >= 15 is 0 Å². The molecule has 0 unspecified atom stereocenters. The highest BCUT2D eigenvalue weighted by Crippen LogP contribution is 2.38. The molecule has 114 valence electrons. The fraction of sp³-hybridized carbons (Fsp3) is 0.263. The maximum absolute atomic E-state index is 9.33. The molecule has 4 heteroatoms. The molecule has 1 saturated heterocycles. The molecule has 0 aliphatic carbocycles. The molecule has 0 aromatic heterocycles. The summed E-state index contributed by atoms with van der Waals surface area (Å²) in [7, 11) is 0. The van der Waals surface area contributed by atoms with Gasteiger partial charge in [0.2, 0.25) is 0 Å². The Kier molecular flexibility index (Phi) is 4.86. The molecule has 23 heavy (non-hydrogen) atoms. The van der Waals surface area contributed by atoms with Gasteiger partial charge in [0.25, 0.3) is 0 Å². The standard InChI is InChI=1S/C19H17N3S/c20-13-15-11-18(22-9-5-2-6-10-22)19(12-16(15)14-21)23-17-7-3-1-4-8-17/h1,3-4,7-8,11-12H,2,5-6,9-10H2. The van der Waals surface area contributed by atoms with Gasteiger partial charge >= 0.3 is 0 Å². The fourth-order valence-electron chi connectivity index (χ4n) is 2.83. The number of nitriles is 2. The van der Waals surface area contributed by atoms with Crippen LogP contribution in [0.5, 0.6) is 0 Å². The minimum absolute atomic E-state index is 0.451. The Labute approximate surface area is 141 Å². The van der Waals surface area contributed by atoms with Crippen LogP contribution in [-0.4, -0.2) is 13.1 Å². The Morgan fingerprint density at radius 2 is 1.52 bits per heavy atom. The summed E-state index contributed by atoms with van der Waals surface area (Å²) in [5.41, 5.74) is 1.99. The molecule has 0 N–H and O–H groups in total. The number of hydrogen-bond acceptors (Lipinski definition) is 4. The van der Waals surface area contributed by atoms with E-state index in [0.29, 0.717) is 11.1 Å². The predicted octanol–water partition coefficient (Wildman–Crippen LogP) is 4.57. The lowest BCUT2D eigenvalue weighted by molar-refractivity contribution is 0.575. The van der Waals surface area contributed by atoms with Gasteiger partial charge in [0.15, 0.2) is 0 Å². The first-order valence-corrected chi connectivity index (χ1v) is 8.59. The van der Waals surface area contributed by atoms with Crippen molar-refractivity contribution < 1.29 is 0 Å². The summed E-state index contributed by atoms with van der Waals surface area (Å²) in [5, 5.41) is 18.6. The number of piperidine rings is 1. The second-order valence-electron chi connectivity index (χ2n) is 5.55. The Balaban J connectivity index is 2.04. The molecule has 1 aliphatic rings. The minimum Gasteiger partial charge on any atom is -0.371 e. The number of hydrogen-bond donors (Lipinski definition) is 0. The molecule has 0 spiro atoms. The highest BCUT2D eigenvalue weighted by Gasteiger charge is 2.18. The lowest BCUT2D eigenvalue weighted by Gasteiger charge is -2.30. The molecule has 3 rings (SSSR count). The van der Waals surface area contributed by atoms with Gasteiger partial charge in [0.1, 0.15) is 12.1 Å². The largest absolute Gasteiger partial charge is 0.371 e. The molecule has 1 aliphatic heterocycles. The van der Waals surface area contributed by atoms with Crippen LogP contribution in [0.15, 0.2) is 52.3 Å². The highest BCUT2D eigenvalue weighted by atomic mass is 32.2. The van der Waals surface area contributed by atoms with Gasteiger partial charge in [-0.15, -0.1) is 0 Å². The van der Waals surface area contributed by atoms with E-state index in [1.807, 2.05) is 30.3 Å². The van der Waals surface area contributed by atoms with Crippen LogP contribution in [0.4, 0.5) is 5.69 Å². The number of rotatable bonds is 3. The molecule has 3 nitrogen and oxygen atoms in total. The third kappa shape index (κ3) is 3.50. The quantitative estimate of drug-likeness (QED) is 0.831. The van der Waals surface area contributed by atoms with Crippen molar-refractivity contribution in [2.45, 2.75) is 29.1 Å². The first-order valence-electron chi connectivity index (χ1n) is 7.78. The Morgan fingerprint density at radius 3 is 2.17 bits per heavy atom. The molecule has 0 amide bonds. The van der Waals surface area contributed by atoms with Crippen molar-refractivity contribution in [3.8, 4) is 12.1 Å². The van der Waals surface area contributed by atoms with Gasteiger partial charge in [-0.05, 0) is 43.5 Å². The van der Waals surface area contributed by atoms with Crippen molar-refractivity contribution in [2.24, 2.45) is 0 Å². The zero-order valence-corrected chi connectivity index (χ0v) is 13.6. The van der Waals surface area contributed by atoms with Crippen molar-refractivity contribution in [3.63, 3.8) is 0 Å². The van der Waals surface area contributed by atoms with Crippen LogP contribution in [-0.2, 0) is 0 Å². The van der Waals surface area contributed by atoms with Crippen LogP contribution >= 0.6 is 11.8 Å². The highest BCUT2D eigenvalue weighted by molar-refractivity contribution is 7.99. The summed E-state index contributed by atoms with van der Waals surface area (Å²) < 4.78 is 0. The Hall–Kier alpha value is -2.43. The monoisotopic (exact) mass is 319 g/mol. The van der Waals surface area contributed by atoms with Gasteiger partial charge in [-0.3, -0.25) is 0 Å². The van der Waals surface area contributed by atoms with Crippen LogP contribution in [0, 0.1) is 22.7 Å². The van der Waals surface area contributed by atoms with E-state index in [4.69, 9.17) is 0 Å². The predicted molar refractivity (Wildman–Crippen MR) is 92.5 cm³/mol. The second-order valence-corrected chi connectivity index (χ2v) is 6.67. The lowest BCUT2D eigenvalue weighted by Crippen LogP contribution is -2.29. The molecular formula is C19H17N3S. The van der Waals surface area contributed by atoms with Crippen LogP contribution in [0.2, 0.25) is 0 Å². The fourth-order valence-corrected chi connectivity index (χ4v) is 3.85. The SMILES string of the molecule is N#Cc1cc(Sc2ccccc2)c(N2CCCCC2)cc1C#N. The Morgan fingerprint density at radius 1 is 0.870 bits per heavy atom. The average molecular weight is 319 g/mol. The first kappa shape index (κ1) is 15.5. The smallest absolute Gasteiger partial charge is 0.101 e. The topological polar surface area (TPSA) is 50.8 Å². The third-order valence-corrected chi connectivity index (χ3v) is 5.06. The van der Waals surface area contributed by atoms with E-state index in [0.717, 1.165) is 28.6 Å². The molecule has 0 radical (unpaired) electrons. The van der Waals surface area contributed by atoms with Crippen LogP contribution in [0.1, 0.15) is 30.4 Å². The first-order chi connectivity index (χ1) is 11.3. The van der Waals surface area contributed by atoms with Crippen molar-refractivity contribution in [1.82, 2.24) is 0 Å². The summed E-state index contributed by atoms with van der Waals surface area (Å²) in [5.74, 6) is 0. The van der Waals surface area contributed by atoms with Crippen LogP contribution in [0.3, 0.4) is 0 Å². The molecular weight excluding hydrogens is 302 g/mol. The van der Waals surface area contributed by atoms with Gasteiger partial charge < -0.3 is 4.90 Å². The van der Waals surface area contributed by atoms with E-state index in [1.165, 1.54) is 19.3 Å². The van der Waals surface area contributed by atoms with Crippen LogP contribution < -0.4 is 4.90 Å². The van der Waals surface area contributed by atoms with E-state index < -0.39 is 0 Å². The van der Waals surface area contributed by atoms with E-state index in [2.05, 4.69) is 29.2 Å². The van der Waals surface area contributed by atoms with E-state index in [1.54, 1.807) is 11.8 Å². The van der Waals surface area contributed by atoms with Crippen molar-refractivity contribution >= 4 is 17.4 Å². The summed E-state index contributed by atoms with van der Waals surface area (Å²) in [6, 6.07) is 18.2. The minimum atomic E-state index is 0.451. The second kappa shape index (κ2) is 7.22. The summed E-state index contributed by atoms with van der Waals surface area (Å²) in [6.45, 7) is 2.03. The summed E-state index contributed by atoms with van der Waals surface area (Å²) in [4.78, 5) is 4.53. The maximum atomic E-state index is 9.33. The number of nitrogens with zero attached hydrogens (tertiary/aromatic N) is 3. The maximum Gasteiger partial charge on any atom is 0.101 e. The van der Waals surface area contributed by atoms with Crippen molar-refractivity contribution in [1.29, 1.82) is 10.5 Å². The van der Waals surface area contributed by atoms with E-state index in [9.17, 15) is 10.5 Å². The van der Waals surface area contributed by atoms with Gasteiger partial charge in [-0.25, -0.2) is 0 Å². The third-order valence-electron chi connectivity index (χ3n) is 4.01. The van der Waals surface area contributed by atoms with Gasteiger partial charge in [-0.2, -0.15) is 10.5 Å². The average Bonchev–Trinajstić information content (AvgIpc) is 2.63. The van der Waals surface area contributed by atoms with Gasteiger partial charge in [0.05, 0.1) is 16.8 Å². The van der Waals surface area contributed by atoms with Crippen molar-refractivity contribution in [2.75, 3.05) is 18.0 Å². The zero-order chi connectivity index (χ0) is 16.1. The number of anilines is 1. The molecule has 1 fully saturated rings.